The van der Waals surface area contributed by atoms with Crippen LogP contribution in [0.15, 0.2) is 24.8 Å². The minimum atomic E-state index is 0.661. The number of hydrogen-bond donors (Lipinski definition) is 2. The molecule has 0 bridgehead atoms. The van der Waals surface area contributed by atoms with Crippen molar-refractivity contribution in [1.82, 2.24) is 0 Å². The van der Waals surface area contributed by atoms with E-state index < -0.39 is 0 Å². The van der Waals surface area contributed by atoms with Crippen molar-refractivity contribution in [3.05, 3.63) is 30.4 Å². The van der Waals surface area contributed by atoms with Crippen LogP contribution in [-0.2, 0) is 0 Å². The fourth-order valence-corrected chi connectivity index (χ4v) is 1.26. The van der Waals surface area contributed by atoms with Crippen LogP contribution in [0.5, 0.6) is 5.75 Å². The fourth-order valence-electron chi connectivity index (χ4n) is 1.26. The summed E-state index contributed by atoms with van der Waals surface area (Å²) in [5, 5.41) is 3.21. The molecule has 0 fully saturated rings. The topological polar surface area (TPSA) is 47.3 Å². The van der Waals surface area contributed by atoms with E-state index in [0.717, 1.165) is 17.8 Å². The molecule has 0 amide bonds. The van der Waals surface area contributed by atoms with E-state index in [-0.39, 0.29) is 0 Å². The predicted octanol–water partition coefficient (Wildman–Crippen LogP) is 2.18. The molecule has 0 radical (unpaired) electrons. The molecule has 1 aromatic rings. The van der Waals surface area contributed by atoms with Crippen molar-refractivity contribution in [2.45, 2.75) is 6.92 Å². The van der Waals surface area contributed by atoms with Crippen LogP contribution >= 0.6 is 0 Å². The lowest BCUT2D eigenvalue weighted by molar-refractivity contribution is 0.417. The van der Waals surface area contributed by atoms with Crippen LogP contribution in [0.2, 0.25) is 0 Å². The molecular formula is C11H16N2O. The smallest absolute Gasteiger partial charge is 0.143 e. The minimum Gasteiger partial charge on any atom is -0.495 e. The third-order valence-electron chi connectivity index (χ3n) is 2.01. The van der Waals surface area contributed by atoms with Gasteiger partial charge in [0.2, 0.25) is 0 Å². The second kappa shape index (κ2) is 4.56. The van der Waals surface area contributed by atoms with Crippen molar-refractivity contribution in [3.63, 3.8) is 0 Å². The first kappa shape index (κ1) is 10.4. The van der Waals surface area contributed by atoms with Gasteiger partial charge in [-0.05, 0) is 18.6 Å². The molecule has 0 aliphatic heterocycles. The summed E-state index contributed by atoms with van der Waals surface area (Å²) in [6, 6.07) is 3.79. The van der Waals surface area contributed by atoms with Gasteiger partial charge in [0, 0.05) is 18.3 Å². The third kappa shape index (κ3) is 2.19. The third-order valence-corrected chi connectivity index (χ3v) is 2.01. The minimum absolute atomic E-state index is 0.661. The second-order valence-corrected chi connectivity index (χ2v) is 3.08. The van der Waals surface area contributed by atoms with E-state index in [1.165, 1.54) is 0 Å². The Bertz CT molecular complexity index is 334. The molecule has 3 N–H and O–H groups in total. The first-order valence-electron chi connectivity index (χ1n) is 4.48. The van der Waals surface area contributed by atoms with E-state index in [9.17, 15) is 0 Å². The largest absolute Gasteiger partial charge is 0.495 e. The quantitative estimate of drug-likeness (QED) is 0.568. The van der Waals surface area contributed by atoms with Crippen LogP contribution < -0.4 is 15.8 Å². The summed E-state index contributed by atoms with van der Waals surface area (Å²) < 4.78 is 5.13. The Morgan fingerprint density at radius 1 is 1.57 bits per heavy atom. The van der Waals surface area contributed by atoms with Crippen LogP contribution in [0.3, 0.4) is 0 Å². The highest BCUT2D eigenvalue weighted by Gasteiger charge is 2.03. The molecule has 0 aliphatic rings. The van der Waals surface area contributed by atoms with Crippen LogP contribution in [-0.4, -0.2) is 13.7 Å². The van der Waals surface area contributed by atoms with Gasteiger partial charge >= 0.3 is 0 Å². The molecule has 1 rings (SSSR count). The highest BCUT2D eigenvalue weighted by Crippen LogP contribution is 2.28. The second-order valence-electron chi connectivity index (χ2n) is 3.08. The Morgan fingerprint density at radius 3 is 2.86 bits per heavy atom. The molecule has 0 saturated heterocycles. The summed E-state index contributed by atoms with van der Waals surface area (Å²) in [6.45, 7) is 6.38. The van der Waals surface area contributed by atoms with Crippen LogP contribution in [0.1, 0.15) is 5.56 Å². The summed E-state index contributed by atoms with van der Waals surface area (Å²) in [5.74, 6) is 0.696. The normalized spacial score (nSPS) is 9.57. The number of nitrogens with two attached hydrogens (primary N) is 1. The number of hydrogen-bond acceptors (Lipinski definition) is 3. The SMILES string of the molecule is C=CCNc1cc(OC)c(N)cc1C. The number of methoxy groups -OCH3 is 1. The molecule has 0 spiro atoms. The molecule has 0 unspecified atom stereocenters. The van der Waals surface area contributed by atoms with Gasteiger partial charge in [0.05, 0.1) is 12.8 Å². The first-order chi connectivity index (χ1) is 6.69. The van der Waals surface area contributed by atoms with E-state index in [1.54, 1.807) is 7.11 Å². The van der Waals surface area contributed by atoms with Crippen molar-refractivity contribution < 1.29 is 4.74 Å². The van der Waals surface area contributed by atoms with Crippen LogP contribution in [0.4, 0.5) is 11.4 Å². The lowest BCUT2D eigenvalue weighted by Gasteiger charge is -2.11. The molecule has 3 heteroatoms. The molecule has 14 heavy (non-hydrogen) atoms. The lowest BCUT2D eigenvalue weighted by Crippen LogP contribution is -2.02. The Hall–Kier alpha value is -1.64. The predicted molar refractivity (Wildman–Crippen MR) is 60.8 cm³/mol. The van der Waals surface area contributed by atoms with E-state index in [2.05, 4.69) is 11.9 Å². The average Bonchev–Trinajstić information content (AvgIpc) is 2.17. The number of ether oxygens (including phenoxy) is 1. The summed E-state index contributed by atoms with van der Waals surface area (Å²) in [7, 11) is 1.61. The Morgan fingerprint density at radius 2 is 2.29 bits per heavy atom. The fraction of sp³-hybridized carbons (Fsp3) is 0.273. The molecule has 1 aromatic carbocycles. The Balaban J connectivity index is 2.98. The zero-order chi connectivity index (χ0) is 10.6. The number of benzene rings is 1. The zero-order valence-electron chi connectivity index (χ0n) is 8.63. The summed E-state index contributed by atoms with van der Waals surface area (Å²) in [4.78, 5) is 0. The summed E-state index contributed by atoms with van der Waals surface area (Å²) >= 11 is 0. The molecule has 76 valence electrons. The number of rotatable bonds is 4. The van der Waals surface area contributed by atoms with Crippen molar-refractivity contribution >= 4 is 11.4 Å². The van der Waals surface area contributed by atoms with Gasteiger partial charge in [0.25, 0.3) is 0 Å². The summed E-state index contributed by atoms with van der Waals surface area (Å²) in [5.41, 5.74) is 8.54. The van der Waals surface area contributed by atoms with Crippen molar-refractivity contribution in [2.24, 2.45) is 0 Å². The van der Waals surface area contributed by atoms with Gasteiger partial charge in [-0.15, -0.1) is 6.58 Å². The number of nitrogen functional groups attached to an aromatic ring is 1. The van der Waals surface area contributed by atoms with Crippen molar-refractivity contribution in [3.8, 4) is 5.75 Å². The lowest BCUT2D eigenvalue weighted by atomic mass is 10.1. The molecule has 0 atom stereocenters. The Kier molecular flexibility index (Phi) is 3.40. The van der Waals surface area contributed by atoms with E-state index in [1.807, 2.05) is 25.1 Å². The Labute approximate surface area is 84.6 Å². The number of nitrogens with one attached hydrogen (secondary N) is 1. The maximum Gasteiger partial charge on any atom is 0.143 e. The molecule has 0 aromatic heterocycles. The molecule has 3 nitrogen and oxygen atoms in total. The summed E-state index contributed by atoms with van der Waals surface area (Å²) in [6.07, 6.45) is 1.81. The van der Waals surface area contributed by atoms with Gasteiger partial charge in [-0.3, -0.25) is 0 Å². The van der Waals surface area contributed by atoms with E-state index in [4.69, 9.17) is 10.5 Å². The van der Waals surface area contributed by atoms with Gasteiger partial charge in [0.1, 0.15) is 5.75 Å². The highest BCUT2D eigenvalue weighted by molar-refractivity contribution is 5.65. The molecule has 0 aliphatic carbocycles. The average molecular weight is 192 g/mol. The first-order valence-corrected chi connectivity index (χ1v) is 4.48. The monoisotopic (exact) mass is 192 g/mol. The van der Waals surface area contributed by atoms with Gasteiger partial charge in [-0.2, -0.15) is 0 Å². The van der Waals surface area contributed by atoms with Crippen molar-refractivity contribution in [1.29, 1.82) is 0 Å². The highest BCUT2D eigenvalue weighted by atomic mass is 16.5. The van der Waals surface area contributed by atoms with Gasteiger partial charge < -0.3 is 15.8 Å². The van der Waals surface area contributed by atoms with Crippen molar-refractivity contribution in [2.75, 3.05) is 24.7 Å². The standard InChI is InChI=1S/C11H16N2O/c1-4-5-13-10-7-11(14-3)9(12)6-8(10)2/h4,6-7,13H,1,5,12H2,2-3H3. The number of aryl methyl sites for hydroxylation is 1. The van der Waals surface area contributed by atoms with Gasteiger partial charge in [0.15, 0.2) is 0 Å². The maximum atomic E-state index is 5.76. The maximum absolute atomic E-state index is 5.76. The van der Waals surface area contributed by atoms with Crippen LogP contribution in [0.25, 0.3) is 0 Å². The number of anilines is 2. The van der Waals surface area contributed by atoms with E-state index >= 15 is 0 Å². The van der Waals surface area contributed by atoms with E-state index in [0.29, 0.717) is 11.4 Å². The van der Waals surface area contributed by atoms with Crippen LogP contribution in [0, 0.1) is 6.92 Å². The molecule has 0 heterocycles. The zero-order valence-corrected chi connectivity index (χ0v) is 8.63. The van der Waals surface area contributed by atoms with Gasteiger partial charge in [-0.25, -0.2) is 0 Å². The molecule has 0 saturated carbocycles. The molecular weight excluding hydrogens is 176 g/mol. The van der Waals surface area contributed by atoms with Gasteiger partial charge in [-0.1, -0.05) is 6.08 Å².